The van der Waals surface area contributed by atoms with Gasteiger partial charge >= 0.3 is 5.97 Å². The highest BCUT2D eigenvalue weighted by Gasteiger charge is 2.55. The summed E-state index contributed by atoms with van der Waals surface area (Å²) in [4.78, 5) is 34.3. The maximum absolute atomic E-state index is 13.3. The molecule has 1 aromatic carbocycles. The number of nitrogens with zero attached hydrogens (tertiary/aromatic N) is 2. The summed E-state index contributed by atoms with van der Waals surface area (Å²) in [5.41, 5.74) is 0.271. The number of benzene rings is 1. The Hall–Kier alpha value is -3.13. The summed E-state index contributed by atoms with van der Waals surface area (Å²) >= 11 is 1.29. The number of fused-ring (bicyclic) bond motifs is 6. The minimum absolute atomic E-state index is 0.184. The largest absolute Gasteiger partial charge is 0.469 e. The quantitative estimate of drug-likeness (QED) is 0.661. The van der Waals surface area contributed by atoms with Gasteiger partial charge in [0.1, 0.15) is 11.7 Å². The molecule has 2 aromatic heterocycles. The van der Waals surface area contributed by atoms with Crippen LogP contribution in [0.4, 0.5) is 0 Å². The molecule has 3 aromatic rings. The summed E-state index contributed by atoms with van der Waals surface area (Å²) < 4.78 is 13.3. The van der Waals surface area contributed by atoms with Gasteiger partial charge in [0.25, 0.3) is 5.56 Å². The molecule has 2 aliphatic rings. The number of aromatic amines is 1. The molecule has 0 unspecified atom stereocenters. The first-order valence-electron chi connectivity index (χ1n) is 8.84. The summed E-state index contributed by atoms with van der Waals surface area (Å²) in [7, 11) is 1.34. The van der Waals surface area contributed by atoms with Crippen molar-refractivity contribution >= 4 is 23.4 Å². The van der Waals surface area contributed by atoms with E-state index in [1.54, 1.807) is 23.8 Å². The molecule has 142 valence electrons. The molecule has 2 bridgehead atoms. The first-order valence-corrected chi connectivity index (χ1v) is 9.65. The van der Waals surface area contributed by atoms with E-state index in [0.717, 1.165) is 11.3 Å². The second kappa shape index (κ2) is 5.93. The van der Waals surface area contributed by atoms with Gasteiger partial charge in [-0.1, -0.05) is 29.5 Å². The van der Waals surface area contributed by atoms with Gasteiger partial charge < -0.3 is 14.5 Å². The number of rotatable bonds is 2. The Kier molecular flexibility index (Phi) is 3.60. The van der Waals surface area contributed by atoms with Gasteiger partial charge in [-0.15, -0.1) is 0 Å². The lowest BCUT2D eigenvalue weighted by molar-refractivity contribution is -0.158. The molecule has 7 nitrogen and oxygen atoms in total. The predicted octanol–water partition coefficient (Wildman–Crippen LogP) is 1.19. The molecule has 2 aliphatic heterocycles. The molecule has 0 amide bonds. The van der Waals surface area contributed by atoms with E-state index >= 15 is 0 Å². The number of aromatic nitrogens is 2. The van der Waals surface area contributed by atoms with Crippen molar-refractivity contribution in [3.63, 3.8) is 0 Å². The first kappa shape index (κ1) is 17.0. The van der Waals surface area contributed by atoms with Crippen LogP contribution in [0.15, 0.2) is 52.4 Å². The number of hydrogen-bond donors (Lipinski definition) is 1. The highest BCUT2D eigenvalue weighted by atomic mass is 32.1. The van der Waals surface area contributed by atoms with Crippen molar-refractivity contribution in [1.82, 2.24) is 9.55 Å². The number of thiazole rings is 1. The molecule has 0 saturated carbocycles. The smallest absolute Gasteiger partial charge is 0.317 e. The van der Waals surface area contributed by atoms with Crippen LogP contribution in [0.2, 0.25) is 0 Å². The summed E-state index contributed by atoms with van der Waals surface area (Å²) in [6.45, 7) is 1.76. The van der Waals surface area contributed by atoms with Crippen LogP contribution in [0, 0.1) is 5.92 Å². The Labute approximate surface area is 163 Å². The maximum atomic E-state index is 13.3. The Bertz CT molecular complexity index is 1260. The maximum Gasteiger partial charge on any atom is 0.317 e. The van der Waals surface area contributed by atoms with Gasteiger partial charge in [-0.05, 0) is 31.2 Å². The number of carbonyl (C=O) groups is 1. The molecule has 0 spiro atoms. The highest BCUT2D eigenvalue weighted by Crippen LogP contribution is 2.47. The second-order valence-electron chi connectivity index (χ2n) is 6.95. The van der Waals surface area contributed by atoms with E-state index in [9.17, 15) is 9.59 Å². The number of H-pyrrole nitrogens is 1. The minimum atomic E-state index is -1.15. The molecule has 1 N–H and O–H groups in total. The second-order valence-corrected chi connectivity index (χ2v) is 7.95. The fourth-order valence-corrected chi connectivity index (χ4v) is 5.10. The van der Waals surface area contributed by atoms with Gasteiger partial charge in [0.15, 0.2) is 4.80 Å². The molecule has 8 heteroatoms. The fraction of sp³-hybridized carbons (Fsp3) is 0.250. The van der Waals surface area contributed by atoms with Crippen LogP contribution in [0.1, 0.15) is 24.2 Å². The molecule has 0 fully saturated rings. The van der Waals surface area contributed by atoms with Crippen LogP contribution in [-0.2, 0) is 9.53 Å². The van der Waals surface area contributed by atoms with Crippen molar-refractivity contribution in [2.45, 2.75) is 18.7 Å². The summed E-state index contributed by atoms with van der Waals surface area (Å²) in [5, 5.41) is 0. The van der Waals surface area contributed by atoms with E-state index < -0.39 is 23.7 Å². The SMILES string of the molecule is COC(=O)[C@@H]1[C@H]2c3ccccc3O[C@@]1(C)N=c1s/c(=C\c3ccc[nH]3)c(=O)n12. The predicted molar refractivity (Wildman–Crippen MR) is 103 cm³/mol. The Morgan fingerprint density at radius 2 is 2.18 bits per heavy atom. The lowest BCUT2D eigenvalue weighted by Crippen LogP contribution is -2.58. The van der Waals surface area contributed by atoms with Gasteiger partial charge in [-0.3, -0.25) is 14.2 Å². The Balaban J connectivity index is 1.83. The average Bonchev–Trinajstić information content (AvgIpc) is 3.28. The van der Waals surface area contributed by atoms with Gasteiger partial charge in [0.2, 0.25) is 5.72 Å². The monoisotopic (exact) mass is 395 g/mol. The first-order chi connectivity index (χ1) is 13.5. The number of methoxy groups -OCH3 is 1. The van der Waals surface area contributed by atoms with E-state index in [0.29, 0.717) is 15.1 Å². The Morgan fingerprint density at radius 3 is 2.93 bits per heavy atom. The zero-order chi connectivity index (χ0) is 19.5. The van der Waals surface area contributed by atoms with Crippen molar-refractivity contribution in [3.8, 4) is 5.75 Å². The minimum Gasteiger partial charge on any atom is -0.469 e. The molecule has 28 heavy (non-hydrogen) atoms. The Morgan fingerprint density at radius 1 is 1.36 bits per heavy atom. The molecule has 0 radical (unpaired) electrons. The van der Waals surface area contributed by atoms with Crippen molar-refractivity contribution in [1.29, 1.82) is 0 Å². The number of para-hydroxylation sites is 1. The van der Waals surface area contributed by atoms with E-state index in [-0.39, 0.29) is 5.56 Å². The molecule has 0 saturated heterocycles. The third-order valence-corrected chi connectivity index (χ3v) is 6.23. The normalized spacial score (nSPS) is 25.3. The average molecular weight is 395 g/mol. The van der Waals surface area contributed by atoms with Crippen molar-refractivity contribution < 1.29 is 14.3 Å². The summed E-state index contributed by atoms with van der Waals surface area (Å²) in [6, 6.07) is 10.7. The molecule has 3 atom stereocenters. The van der Waals surface area contributed by atoms with E-state index in [1.165, 1.54) is 18.4 Å². The van der Waals surface area contributed by atoms with Crippen molar-refractivity contribution in [3.05, 3.63) is 73.5 Å². The number of nitrogens with one attached hydrogen (secondary N) is 1. The zero-order valence-corrected chi connectivity index (χ0v) is 16.0. The third kappa shape index (κ3) is 2.31. The zero-order valence-electron chi connectivity index (χ0n) is 15.2. The number of esters is 1. The van der Waals surface area contributed by atoms with Gasteiger partial charge in [0, 0.05) is 17.5 Å². The van der Waals surface area contributed by atoms with Crippen LogP contribution in [0.25, 0.3) is 6.08 Å². The number of ether oxygens (including phenoxy) is 2. The van der Waals surface area contributed by atoms with E-state index in [4.69, 9.17) is 9.47 Å². The van der Waals surface area contributed by atoms with Crippen LogP contribution in [0.3, 0.4) is 0 Å². The van der Waals surface area contributed by atoms with Gasteiger partial charge in [-0.2, -0.15) is 0 Å². The van der Waals surface area contributed by atoms with Gasteiger partial charge in [0.05, 0.1) is 17.7 Å². The molecule has 4 heterocycles. The van der Waals surface area contributed by atoms with Crippen molar-refractivity contribution in [2.75, 3.05) is 7.11 Å². The topological polar surface area (TPSA) is 85.7 Å². The third-order valence-electron chi connectivity index (χ3n) is 5.24. The van der Waals surface area contributed by atoms with Crippen molar-refractivity contribution in [2.24, 2.45) is 10.9 Å². The molecule has 5 rings (SSSR count). The van der Waals surface area contributed by atoms with Gasteiger partial charge in [-0.25, -0.2) is 4.99 Å². The lowest BCUT2D eigenvalue weighted by atomic mass is 9.81. The molecular weight excluding hydrogens is 378 g/mol. The highest BCUT2D eigenvalue weighted by molar-refractivity contribution is 7.07. The summed E-state index contributed by atoms with van der Waals surface area (Å²) in [6.07, 6.45) is 3.59. The van der Waals surface area contributed by atoms with Crippen LogP contribution in [-0.4, -0.2) is 28.4 Å². The summed E-state index contributed by atoms with van der Waals surface area (Å²) in [5.74, 6) is -0.590. The van der Waals surface area contributed by atoms with Crippen LogP contribution in [0.5, 0.6) is 5.75 Å². The number of carbonyl (C=O) groups excluding carboxylic acids is 1. The molecular formula is C20H17N3O4S. The van der Waals surface area contributed by atoms with Crippen LogP contribution < -0.4 is 19.6 Å². The van der Waals surface area contributed by atoms with E-state index in [1.807, 2.05) is 36.4 Å². The van der Waals surface area contributed by atoms with E-state index in [2.05, 4.69) is 9.98 Å². The number of hydrogen-bond acceptors (Lipinski definition) is 6. The fourth-order valence-electron chi connectivity index (χ4n) is 4.01. The standard InChI is InChI=1S/C20H17N3O4S/c1-20-15(18(25)26-2)16(12-7-3-4-8-13(12)27-20)23-17(24)14(28-19(23)22-20)10-11-6-5-9-21-11/h3-10,15-16,21H,1-2H3/b14-10-/t15-,16+,20+/m0/s1. The van der Waals surface area contributed by atoms with Crippen LogP contribution >= 0.6 is 11.3 Å². The lowest BCUT2D eigenvalue weighted by Gasteiger charge is -2.44. The molecule has 0 aliphatic carbocycles.